The topological polar surface area (TPSA) is 37.8 Å². The van der Waals surface area contributed by atoms with E-state index in [4.69, 9.17) is 0 Å². The van der Waals surface area contributed by atoms with E-state index in [1.54, 1.807) is 18.6 Å². The van der Waals surface area contributed by atoms with Crippen molar-refractivity contribution in [2.45, 2.75) is 6.54 Å². The largest absolute Gasteiger partial charge is 0.378 e. The standard InChI is InChI=1S/C11H9Br2N3/c12-8-1-2-11(10(13)5-8)16-7-9-6-14-3-4-15-9/h1-6,16H,7H2. The van der Waals surface area contributed by atoms with Gasteiger partial charge in [-0.3, -0.25) is 9.97 Å². The van der Waals surface area contributed by atoms with Gasteiger partial charge < -0.3 is 5.32 Å². The predicted octanol–water partition coefficient (Wildman–Crippen LogP) is 3.61. The van der Waals surface area contributed by atoms with Crippen molar-refractivity contribution in [3.63, 3.8) is 0 Å². The molecule has 1 aromatic heterocycles. The van der Waals surface area contributed by atoms with Gasteiger partial charge in [0.25, 0.3) is 0 Å². The summed E-state index contributed by atoms with van der Waals surface area (Å²) in [5, 5.41) is 3.29. The summed E-state index contributed by atoms with van der Waals surface area (Å²) in [6, 6.07) is 5.99. The van der Waals surface area contributed by atoms with Crippen LogP contribution in [0.1, 0.15) is 5.69 Å². The Morgan fingerprint density at radius 1 is 1.19 bits per heavy atom. The van der Waals surface area contributed by atoms with Crippen LogP contribution in [-0.2, 0) is 6.54 Å². The summed E-state index contributed by atoms with van der Waals surface area (Å²) in [5.74, 6) is 0. The Bertz CT molecular complexity index is 474. The van der Waals surface area contributed by atoms with Crippen molar-refractivity contribution >= 4 is 37.5 Å². The maximum atomic E-state index is 4.19. The predicted molar refractivity (Wildman–Crippen MR) is 71.2 cm³/mol. The number of benzene rings is 1. The van der Waals surface area contributed by atoms with E-state index in [-0.39, 0.29) is 0 Å². The van der Waals surface area contributed by atoms with Crippen molar-refractivity contribution in [3.8, 4) is 0 Å². The van der Waals surface area contributed by atoms with Gasteiger partial charge in [0.1, 0.15) is 0 Å². The van der Waals surface area contributed by atoms with Crippen molar-refractivity contribution in [2.75, 3.05) is 5.32 Å². The minimum atomic E-state index is 0.661. The summed E-state index contributed by atoms with van der Waals surface area (Å²) in [6.45, 7) is 0.661. The van der Waals surface area contributed by atoms with Crippen LogP contribution in [0.25, 0.3) is 0 Å². The Hall–Kier alpha value is -0.940. The number of hydrogen-bond acceptors (Lipinski definition) is 3. The van der Waals surface area contributed by atoms with Crippen molar-refractivity contribution in [1.82, 2.24) is 9.97 Å². The molecule has 0 aliphatic carbocycles. The van der Waals surface area contributed by atoms with Gasteiger partial charge in [-0.2, -0.15) is 0 Å². The van der Waals surface area contributed by atoms with Crippen molar-refractivity contribution in [2.24, 2.45) is 0 Å². The fraction of sp³-hybridized carbons (Fsp3) is 0.0909. The molecule has 3 nitrogen and oxygen atoms in total. The average molecular weight is 343 g/mol. The molecule has 0 aliphatic heterocycles. The first-order chi connectivity index (χ1) is 7.75. The van der Waals surface area contributed by atoms with Crippen molar-refractivity contribution < 1.29 is 0 Å². The molecule has 0 radical (unpaired) electrons. The monoisotopic (exact) mass is 341 g/mol. The molecule has 1 heterocycles. The van der Waals surface area contributed by atoms with Gasteiger partial charge in [0, 0.05) is 27.0 Å². The van der Waals surface area contributed by atoms with Gasteiger partial charge in [-0.15, -0.1) is 0 Å². The normalized spacial score (nSPS) is 10.1. The number of nitrogens with zero attached hydrogens (tertiary/aromatic N) is 2. The lowest BCUT2D eigenvalue weighted by Gasteiger charge is -2.07. The second kappa shape index (κ2) is 5.41. The summed E-state index contributed by atoms with van der Waals surface area (Å²) >= 11 is 6.90. The van der Waals surface area contributed by atoms with Crippen LogP contribution < -0.4 is 5.32 Å². The third kappa shape index (κ3) is 3.02. The minimum absolute atomic E-state index is 0.661. The second-order valence-corrected chi connectivity index (χ2v) is 4.94. The van der Waals surface area contributed by atoms with Gasteiger partial charge in [0.05, 0.1) is 18.4 Å². The number of aromatic nitrogens is 2. The fourth-order valence-corrected chi connectivity index (χ4v) is 2.43. The van der Waals surface area contributed by atoms with E-state index < -0.39 is 0 Å². The number of nitrogens with one attached hydrogen (secondary N) is 1. The zero-order valence-electron chi connectivity index (χ0n) is 8.32. The molecule has 0 saturated carbocycles. The van der Waals surface area contributed by atoms with Gasteiger partial charge in [0.15, 0.2) is 0 Å². The van der Waals surface area contributed by atoms with Crippen LogP contribution in [0.2, 0.25) is 0 Å². The maximum Gasteiger partial charge on any atom is 0.0777 e. The molecule has 1 aromatic carbocycles. The highest BCUT2D eigenvalue weighted by Crippen LogP contribution is 2.26. The second-order valence-electron chi connectivity index (χ2n) is 3.17. The molecule has 0 saturated heterocycles. The molecule has 0 atom stereocenters. The maximum absolute atomic E-state index is 4.19. The first-order valence-electron chi connectivity index (χ1n) is 4.69. The Morgan fingerprint density at radius 3 is 2.75 bits per heavy atom. The van der Waals surface area contributed by atoms with Gasteiger partial charge in [0.2, 0.25) is 0 Å². The summed E-state index contributed by atoms with van der Waals surface area (Å²) in [7, 11) is 0. The lowest BCUT2D eigenvalue weighted by atomic mass is 10.3. The highest BCUT2D eigenvalue weighted by molar-refractivity contribution is 9.11. The zero-order valence-corrected chi connectivity index (χ0v) is 11.5. The van der Waals surface area contributed by atoms with E-state index in [1.807, 2.05) is 18.2 Å². The SMILES string of the molecule is Brc1ccc(NCc2cnccn2)c(Br)c1. The Labute approximate surface area is 111 Å². The Kier molecular flexibility index (Phi) is 3.90. The first kappa shape index (κ1) is 11.5. The van der Waals surface area contributed by atoms with E-state index in [0.717, 1.165) is 20.3 Å². The molecule has 0 amide bonds. The Morgan fingerprint density at radius 2 is 2.06 bits per heavy atom. The highest BCUT2D eigenvalue weighted by Gasteiger charge is 2.00. The first-order valence-corrected chi connectivity index (χ1v) is 6.28. The molecule has 5 heteroatoms. The molecule has 16 heavy (non-hydrogen) atoms. The van der Waals surface area contributed by atoms with Crippen LogP contribution in [0.4, 0.5) is 5.69 Å². The van der Waals surface area contributed by atoms with E-state index >= 15 is 0 Å². The molecule has 82 valence electrons. The van der Waals surface area contributed by atoms with E-state index in [0.29, 0.717) is 6.54 Å². The minimum Gasteiger partial charge on any atom is -0.378 e. The molecular weight excluding hydrogens is 334 g/mol. The van der Waals surface area contributed by atoms with E-state index in [1.165, 1.54) is 0 Å². The number of rotatable bonds is 3. The molecule has 0 spiro atoms. The molecule has 2 aromatic rings. The molecule has 0 aliphatic rings. The van der Waals surface area contributed by atoms with E-state index in [2.05, 4.69) is 47.1 Å². The summed E-state index contributed by atoms with van der Waals surface area (Å²) in [4.78, 5) is 8.20. The summed E-state index contributed by atoms with van der Waals surface area (Å²) in [6.07, 6.45) is 5.10. The number of halogens is 2. The highest BCUT2D eigenvalue weighted by atomic mass is 79.9. The summed E-state index contributed by atoms with van der Waals surface area (Å²) in [5.41, 5.74) is 1.95. The van der Waals surface area contributed by atoms with Crippen LogP contribution in [-0.4, -0.2) is 9.97 Å². The van der Waals surface area contributed by atoms with Crippen LogP contribution in [0, 0.1) is 0 Å². The quantitative estimate of drug-likeness (QED) is 0.925. The van der Waals surface area contributed by atoms with Crippen molar-refractivity contribution in [3.05, 3.63) is 51.4 Å². The smallest absolute Gasteiger partial charge is 0.0777 e. The molecular formula is C11H9Br2N3. The van der Waals surface area contributed by atoms with Crippen molar-refractivity contribution in [1.29, 1.82) is 0 Å². The summed E-state index contributed by atoms with van der Waals surface area (Å²) < 4.78 is 2.06. The van der Waals surface area contributed by atoms with E-state index in [9.17, 15) is 0 Å². The molecule has 1 N–H and O–H groups in total. The molecule has 0 unspecified atom stereocenters. The van der Waals surface area contributed by atoms with Gasteiger partial charge >= 0.3 is 0 Å². The van der Waals surface area contributed by atoms with Gasteiger partial charge in [-0.1, -0.05) is 15.9 Å². The number of hydrogen-bond donors (Lipinski definition) is 1. The van der Waals surface area contributed by atoms with Gasteiger partial charge in [-0.05, 0) is 34.1 Å². The Balaban J connectivity index is 2.05. The molecule has 0 bridgehead atoms. The van der Waals surface area contributed by atoms with Crippen LogP contribution >= 0.6 is 31.9 Å². The fourth-order valence-electron chi connectivity index (χ4n) is 1.24. The molecule has 0 fully saturated rings. The molecule has 2 rings (SSSR count). The zero-order chi connectivity index (χ0) is 11.4. The lowest BCUT2D eigenvalue weighted by Crippen LogP contribution is -2.02. The third-order valence-electron chi connectivity index (χ3n) is 2.01. The third-order valence-corrected chi connectivity index (χ3v) is 3.16. The lowest BCUT2D eigenvalue weighted by molar-refractivity contribution is 1.01. The van der Waals surface area contributed by atoms with Crippen LogP contribution in [0.15, 0.2) is 45.7 Å². The number of anilines is 1. The van der Waals surface area contributed by atoms with Crippen LogP contribution in [0.3, 0.4) is 0 Å². The van der Waals surface area contributed by atoms with Gasteiger partial charge in [-0.25, -0.2) is 0 Å². The van der Waals surface area contributed by atoms with Crippen LogP contribution in [0.5, 0.6) is 0 Å². The average Bonchev–Trinajstić information content (AvgIpc) is 2.29.